The maximum atomic E-state index is 14.0. The van der Waals surface area contributed by atoms with E-state index >= 15 is 0 Å². The molecule has 182 valence electrons. The first-order valence-corrected chi connectivity index (χ1v) is 10.9. The largest absolute Gasteiger partial charge is 0.493 e. The van der Waals surface area contributed by atoms with Crippen LogP contribution in [0.4, 0.5) is 14.5 Å². The van der Waals surface area contributed by atoms with Gasteiger partial charge in [0.1, 0.15) is 22.9 Å². The molecule has 0 fully saturated rings. The van der Waals surface area contributed by atoms with Gasteiger partial charge >= 0.3 is 0 Å². The number of benzene rings is 3. The van der Waals surface area contributed by atoms with Crippen molar-refractivity contribution in [3.05, 3.63) is 82.9 Å². The highest BCUT2D eigenvalue weighted by molar-refractivity contribution is 6.04. The van der Waals surface area contributed by atoms with Gasteiger partial charge in [0.25, 0.3) is 11.8 Å². The predicted molar refractivity (Wildman–Crippen MR) is 125 cm³/mol. The summed E-state index contributed by atoms with van der Waals surface area (Å²) >= 11 is 0. The molecule has 1 aliphatic heterocycles. The zero-order chi connectivity index (χ0) is 25.1. The molecule has 0 aromatic heterocycles. The van der Waals surface area contributed by atoms with E-state index < -0.39 is 29.2 Å². The van der Waals surface area contributed by atoms with Gasteiger partial charge in [-0.25, -0.2) is 8.78 Å². The summed E-state index contributed by atoms with van der Waals surface area (Å²) in [6.07, 6.45) is -0.749. The van der Waals surface area contributed by atoms with Crippen molar-refractivity contribution in [2.45, 2.75) is 26.1 Å². The minimum absolute atomic E-state index is 0.177. The van der Waals surface area contributed by atoms with Crippen LogP contribution in [0.25, 0.3) is 0 Å². The Kier molecular flexibility index (Phi) is 6.86. The summed E-state index contributed by atoms with van der Waals surface area (Å²) in [5.41, 5.74) is 1.00. The molecule has 7 nitrogen and oxygen atoms in total. The van der Waals surface area contributed by atoms with Gasteiger partial charge in [-0.2, -0.15) is 0 Å². The third kappa shape index (κ3) is 4.89. The third-order valence-corrected chi connectivity index (χ3v) is 5.68. The number of hydrogen-bond acceptors (Lipinski definition) is 5. The van der Waals surface area contributed by atoms with Crippen LogP contribution in [0.5, 0.6) is 17.2 Å². The van der Waals surface area contributed by atoms with Crippen LogP contribution in [-0.4, -0.2) is 37.0 Å². The van der Waals surface area contributed by atoms with Crippen molar-refractivity contribution < 1.29 is 32.6 Å². The van der Waals surface area contributed by atoms with Gasteiger partial charge in [0, 0.05) is 29.9 Å². The van der Waals surface area contributed by atoms with Crippen LogP contribution in [0.3, 0.4) is 0 Å². The quantitative estimate of drug-likeness (QED) is 0.558. The third-order valence-electron chi connectivity index (χ3n) is 5.68. The molecule has 9 heteroatoms. The minimum atomic E-state index is -0.960. The van der Waals surface area contributed by atoms with E-state index in [4.69, 9.17) is 14.2 Å². The number of nitrogens with one attached hydrogen (secondary N) is 1. The second-order valence-electron chi connectivity index (χ2n) is 7.98. The van der Waals surface area contributed by atoms with Gasteiger partial charge in [-0.3, -0.25) is 9.59 Å². The number of nitrogens with zero attached hydrogens (tertiary/aromatic N) is 1. The second kappa shape index (κ2) is 10.0. The number of fused-ring (bicyclic) bond motifs is 1. The number of methoxy groups -OCH3 is 2. The molecule has 0 saturated heterocycles. The first-order valence-electron chi connectivity index (χ1n) is 10.9. The van der Waals surface area contributed by atoms with Gasteiger partial charge in [-0.1, -0.05) is 18.2 Å². The van der Waals surface area contributed by atoms with Gasteiger partial charge in [0.2, 0.25) is 0 Å². The number of carbonyl (C=O) groups is 2. The summed E-state index contributed by atoms with van der Waals surface area (Å²) in [5, 5.41) is 2.52. The lowest BCUT2D eigenvalue weighted by Gasteiger charge is -2.24. The Bertz CT molecular complexity index is 1260. The number of hydrogen-bond donors (Lipinski definition) is 1. The van der Waals surface area contributed by atoms with Crippen LogP contribution in [0.1, 0.15) is 28.4 Å². The standard InChI is InChI=1S/C26H24F2N2O5/c1-15-26(32)30(13-16-6-4-9-22(33-2)24(16)34-3)14-17-12-18(10-11-21(17)35-15)29-25(31)23-19(27)7-5-8-20(23)28/h4-12,15H,13-14H2,1-3H3,(H,29,31)/t15-/m1/s1. The topological polar surface area (TPSA) is 77.1 Å². The summed E-state index contributed by atoms with van der Waals surface area (Å²) in [6.45, 7) is 2.06. The number of anilines is 1. The maximum Gasteiger partial charge on any atom is 0.263 e. The van der Waals surface area contributed by atoms with Crippen molar-refractivity contribution in [3.63, 3.8) is 0 Å². The Morgan fingerprint density at radius 1 is 1.09 bits per heavy atom. The number of carbonyl (C=O) groups excluding carboxylic acids is 2. The van der Waals surface area contributed by atoms with Crippen LogP contribution in [0.15, 0.2) is 54.6 Å². The summed E-state index contributed by atoms with van der Waals surface area (Å²) in [6, 6.07) is 13.4. The SMILES string of the molecule is COc1cccc(CN2Cc3cc(NC(=O)c4c(F)cccc4F)ccc3O[C@H](C)C2=O)c1OC. The molecule has 1 aliphatic rings. The van der Waals surface area contributed by atoms with Crippen LogP contribution in [0, 0.1) is 11.6 Å². The smallest absolute Gasteiger partial charge is 0.263 e. The number of rotatable bonds is 6. The fourth-order valence-corrected chi connectivity index (χ4v) is 4.00. The van der Waals surface area contributed by atoms with E-state index in [0.29, 0.717) is 28.5 Å². The first kappa shape index (κ1) is 24.0. The van der Waals surface area contributed by atoms with Crippen molar-refractivity contribution in [1.29, 1.82) is 0 Å². The van der Waals surface area contributed by atoms with E-state index in [0.717, 1.165) is 17.7 Å². The molecule has 0 unspecified atom stereocenters. The van der Waals surface area contributed by atoms with Crippen LogP contribution >= 0.6 is 0 Å². The minimum Gasteiger partial charge on any atom is -0.493 e. The number of para-hydroxylation sites is 1. The lowest BCUT2D eigenvalue weighted by atomic mass is 10.1. The normalized spacial score (nSPS) is 15.1. The Morgan fingerprint density at radius 2 is 1.80 bits per heavy atom. The molecule has 1 heterocycles. The Hall–Kier alpha value is -4.14. The number of halogens is 2. The van der Waals surface area contributed by atoms with E-state index in [-0.39, 0.29) is 19.0 Å². The fourth-order valence-electron chi connectivity index (χ4n) is 4.00. The van der Waals surface area contributed by atoms with E-state index in [1.807, 2.05) is 12.1 Å². The van der Waals surface area contributed by atoms with Crippen molar-refractivity contribution in [3.8, 4) is 17.2 Å². The van der Waals surface area contributed by atoms with Crippen LogP contribution in [0.2, 0.25) is 0 Å². The van der Waals surface area contributed by atoms with E-state index in [9.17, 15) is 18.4 Å². The summed E-state index contributed by atoms with van der Waals surface area (Å²) < 4.78 is 44.7. The average Bonchev–Trinajstić information content (AvgIpc) is 2.94. The highest BCUT2D eigenvalue weighted by Crippen LogP contribution is 2.34. The molecule has 1 atom stereocenters. The number of ether oxygens (including phenoxy) is 3. The van der Waals surface area contributed by atoms with Crippen LogP contribution in [-0.2, 0) is 17.9 Å². The van der Waals surface area contributed by atoms with Crippen LogP contribution < -0.4 is 19.5 Å². The van der Waals surface area contributed by atoms with E-state index in [2.05, 4.69) is 5.32 Å². The molecular formula is C26H24F2N2O5. The summed E-state index contributed by atoms with van der Waals surface area (Å²) in [4.78, 5) is 27.2. The molecule has 35 heavy (non-hydrogen) atoms. The highest BCUT2D eigenvalue weighted by Gasteiger charge is 2.29. The molecule has 0 bridgehead atoms. The zero-order valence-electron chi connectivity index (χ0n) is 19.4. The van der Waals surface area contributed by atoms with E-state index in [1.54, 1.807) is 36.1 Å². The van der Waals surface area contributed by atoms with Crippen molar-refractivity contribution in [2.24, 2.45) is 0 Å². The van der Waals surface area contributed by atoms with Gasteiger partial charge < -0.3 is 24.4 Å². The average molecular weight is 482 g/mol. The predicted octanol–water partition coefficient (Wildman–Crippen LogP) is 4.54. The highest BCUT2D eigenvalue weighted by atomic mass is 19.1. The lowest BCUT2D eigenvalue weighted by Crippen LogP contribution is -2.37. The molecule has 1 N–H and O–H groups in total. The molecule has 2 amide bonds. The lowest BCUT2D eigenvalue weighted by molar-refractivity contribution is -0.138. The molecule has 0 radical (unpaired) electrons. The van der Waals surface area contributed by atoms with Gasteiger partial charge in [0.15, 0.2) is 17.6 Å². The molecule has 4 rings (SSSR count). The molecule has 0 aliphatic carbocycles. The fraction of sp³-hybridized carbons (Fsp3) is 0.231. The maximum absolute atomic E-state index is 14.0. The summed E-state index contributed by atoms with van der Waals surface area (Å²) in [5.74, 6) is -1.53. The second-order valence-corrected chi connectivity index (χ2v) is 7.98. The van der Waals surface area contributed by atoms with Gasteiger partial charge in [-0.05, 0) is 43.3 Å². The molecular weight excluding hydrogens is 458 g/mol. The van der Waals surface area contributed by atoms with Gasteiger partial charge in [-0.15, -0.1) is 0 Å². The van der Waals surface area contributed by atoms with Crippen molar-refractivity contribution >= 4 is 17.5 Å². The Morgan fingerprint density at radius 3 is 2.49 bits per heavy atom. The molecule has 3 aromatic rings. The van der Waals surface area contributed by atoms with Gasteiger partial charge in [0.05, 0.1) is 14.2 Å². The molecule has 0 saturated carbocycles. The monoisotopic (exact) mass is 482 g/mol. The molecule has 0 spiro atoms. The first-order chi connectivity index (χ1) is 16.8. The zero-order valence-corrected chi connectivity index (χ0v) is 19.4. The van der Waals surface area contributed by atoms with E-state index in [1.165, 1.54) is 20.3 Å². The Balaban J connectivity index is 1.62. The molecule has 3 aromatic carbocycles. The van der Waals surface area contributed by atoms with Crippen molar-refractivity contribution in [2.75, 3.05) is 19.5 Å². The Labute approximate surface area is 201 Å². The summed E-state index contributed by atoms with van der Waals surface area (Å²) in [7, 11) is 3.06. The van der Waals surface area contributed by atoms with Crippen molar-refractivity contribution in [1.82, 2.24) is 4.90 Å². The number of amides is 2.